The molecule has 11 heteroatoms. The Morgan fingerprint density at radius 2 is 1.54 bits per heavy atom. The molecule has 2 aromatic carbocycles. The van der Waals surface area contributed by atoms with Gasteiger partial charge in [-0.05, 0) is 42.8 Å². The number of nitrogen functional groups attached to an aromatic ring is 1. The molecule has 0 aromatic heterocycles. The molecule has 0 aliphatic carbocycles. The molecular weight excluding hydrogens is 358 g/mol. The van der Waals surface area contributed by atoms with Crippen molar-refractivity contribution in [2.45, 2.75) is 11.8 Å². The summed E-state index contributed by atoms with van der Waals surface area (Å²) in [6.07, 6.45) is 0. The van der Waals surface area contributed by atoms with E-state index in [2.05, 4.69) is 10.2 Å². The highest BCUT2D eigenvalue weighted by Crippen LogP contribution is 2.27. The van der Waals surface area contributed by atoms with E-state index in [4.69, 9.17) is 22.9 Å². The first-order valence-electron chi connectivity index (χ1n) is 6.22. The Labute approximate surface area is 139 Å². The zero-order chi connectivity index (χ0) is 18.3. The molecule has 0 radical (unpaired) electrons. The molecule has 3 N–H and O–H groups in total. The molecule has 0 aliphatic heterocycles. The molecule has 128 valence electrons. The summed E-state index contributed by atoms with van der Waals surface area (Å²) >= 11 is 0. The number of hydrogen-bond donors (Lipinski definition) is 2. The van der Waals surface area contributed by atoms with Crippen LogP contribution in [-0.2, 0) is 20.7 Å². The Bertz CT molecular complexity index is 963. The quantitative estimate of drug-likeness (QED) is 0.476. The predicted octanol–water partition coefficient (Wildman–Crippen LogP) is 2.24. The standard InChI is InChI=1S/C13H13N3O3S.O3S/c1-9-8-10(14)6-7-11(9)15-16-12-4-2-3-5-13(12)20(17,18)19;1-4(2)3/h2-8H,14H2,1H3,(H,17,18,19);. The van der Waals surface area contributed by atoms with Gasteiger partial charge in [-0.1, -0.05) is 12.1 Å². The number of benzene rings is 2. The van der Waals surface area contributed by atoms with Crippen molar-refractivity contribution in [3.63, 3.8) is 0 Å². The van der Waals surface area contributed by atoms with Gasteiger partial charge in [-0.2, -0.15) is 13.5 Å². The monoisotopic (exact) mass is 371 g/mol. The van der Waals surface area contributed by atoms with Gasteiger partial charge in [0, 0.05) is 5.69 Å². The summed E-state index contributed by atoms with van der Waals surface area (Å²) in [6.45, 7) is 1.82. The van der Waals surface area contributed by atoms with Gasteiger partial charge in [0.05, 0.1) is 5.69 Å². The van der Waals surface area contributed by atoms with E-state index in [0.29, 0.717) is 11.4 Å². The van der Waals surface area contributed by atoms with Crippen molar-refractivity contribution in [1.82, 2.24) is 0 Å². The molecule has 24 heavy (non-hydrogen) atoms. The summed E-state index contributed by atoms with van der Waals surface area (Å²) in [5, 5.41) is 7.86. The third kappa shape index (κ3) is 6.24. The molecule has 0 saturated carbocycles. The van der Waals surface area contributed by atoms with Crippen LogP contribution in [0.1, 0.15) is 5.56 Å². The normalized spacial score (nSPS) is 10.9. The molecule has 0 heterocycles. The van der Waals surface area contributed by atoms with Gasteiger partial charge in [0.1, 0.15) is 10.6 Å². The summed E-state index contributed by atoms with van der Waals surface area (Å²) in [5.74, 6) is 0. The van der Waals surface area contributed by atoms with Gasteiger partial charge in [-0.15, -0.1) is 17.7 Å². The molecule has 0 amide bonds. The van der Waals surface area contributed by atoms with E-state index in [9.17, 15) is 8.42 Å². The van der Waals surface area contributed by atoms with Gasteiger partial charge < -0.3 is 5.73 Å². The highest BCUT2D eigenvalue weighted by molar-refractivity contribution is 7.86. The fourth-order valence-corrected chi connectivity index (χ4v) is 2.28. The second-order valence-electron chi connectivity index (χ2n) is 4.39. The molecule has 0 unspecified atom stereocenters. The molecule has 0 bridgehead atoms. The average molecular weight is 371 g/mol. The number of rotatable bonds is 3. The lowest BCUT2D eigenvalue weighted by atomic mass is 10.2. The minimum Gasteiger partial charge on any atom is -0.399 e. The zero-order valence-electron chi connectivity index (χ0n) is 12.3. The average Bonchev–Trinajstić information content (AvgIpc) is 2.45. The minimum absolute atomic E-state index is 0.0752. The van der Waals surface area contributed by atoms with Crippen molar-refractivity contribution < 1.29 is 25.6 Å². The topological polar surface area (TPSA) is 156 Å². The van der Waals surface area contributed by atoms with E-state index >= 15 is 0 Å². The Kier molecular flexibility index (Phi) is 6.70. The van der Waals surface area contributed by atoms with E-state index in [1.807, 2.05) is 6.92 Å². The number of aryl methyl sites for hydroxylation is 1. The van der Waals surface area contributed by atoms with Crippen LogP contribution >= 0.6 is 0 Å². The van der Waals surface area contributed by atoms with Crippen LogP contribution in [0.5, 0.6) is 0 Å². The van der Waals surface area contributed by atoms with E-state index in [-0.39, 0.29) is 10.6 Å². The second kappa shape index (κ2) is 8.29. The van der Waals surface area contributed by atoms with Crippen LogP contribution in [0, 0.1) is 6.92 Å². The number of anilines is 1. The first kappa shape index (κ1) is 19.4. The molecule has 0 spiro atoms. The Morgan fingerprint density at radius 1 is 1.00 bits per heavy atom. The third-order valence-electron chi connectivity index (χ3n) is 2.63. The van der Waals surface area contributed by atoms with Gasteiger partial charge in [-0.25, -0.2) is 0 Å². The van der Waals surface area contributed by atoms with Crippen molar-refractivity contribution in [2.24, 2.45) is 10.2 Å². The maximum absolute atomic E-state index is 11.2. The lowest BCUT2D eigenvalue weighted by Crippen LogP contribution is -1.97. The van der Waals surface area contributed by atoms with Crippen molar-refractivity contribution in [1.29, 1.82) is 0 Å². The van der Waals surface area contributed by atoms with Crippen molar-refractivity contribution in [3.8, 4) is 0 Å². The van der Waals surface area contributed by atoms with Crippen molar-refractivity contribution in [2.75, 3.05) is 5.73 Å². The number of nitrogens with two attached hydrogens (primary N) is 1. The van der Waals surface area contributed by atoms with Crippen LogP contribution < -0.4 is 5.73 Å². The number of hydrogen-bond acceptors (Lipinski definition) is 8. The smallest absolute Gasteiger partial charge is 0.399 e. The van der Waals surface area contributed by atoms with Crippen molar-refractivity contribution >= 4 is 37.8 Å². The van der Waals surface area contributed by atoms with Crippen LogP contribution in [0.25, 0.3) is 0 Å². The van der Waals surface area contributed by atoms with Crippen LogP contribution in [-0.4, -0.2) is 25.6 Å². The summed E-state index contributed by atoms with van der Waals surface area (Å²) in [4.78, 5) is -0.281. The maximum Gasteiger partial charge on any atom is 0.425 e. The fourth-order valence-electron chi connectivity index (χ4n) is 1.66. The Morgan fingerprint density at radius 3 is 2.08 bits per heavy atom. The Balaban J connectivity index is 0.000000648. The van der Waals surface area contributed by atoms with Crippen LogP contribution in [0.2, 0.25) is 0 Å². The molecular formula is C13H13N3O6S2. The van der Waals surface area contributed by atoms with Crippen LogP contribution in [0.4, 0.5) is 17.1 Å². The molecule has 2 aromatic rings. The summed E-state index contributed by atoms with van der Waals surface area (Å²) in [5.41, 5.74) is 7.71. The van der Waals surface area contributed by atoms with E-state index < -0.39 is 20.7 Å². The fraction of sp³-hybridized carbons (Fsp3) is 0.0769. The highest BCUT2D eigenvalue weighted by Gasteiger charge is 2.14. The Hall–Kier alpha value is -2.63. The van der Waals surface area contributed by atoms with E-state index in [1.54, 1.807) is 24.3 Å². The van der Waals surface area contributed by atoms with Gasteiger partial charge >= 0.3 is 10.6 Å². The van der Waals surface area contributed by atoms with Crippen molar-refractivity contribution in [3.05, 3.63) is 48.0 Å². The number of azo groups is 1. The number of nitrogens with zero attached hydrogens (tertiary/aromatic N) is 2. The lowest BCUT2D eigenvalue weighted by molar-refractivity contribution is 0.483. The highest BCUT2D eigenvalue weighted by atomic mass is 32.2. The predicted molar refractivity (Wildman–Crippen MR) is 85.7 cm³/mol. The van der Waals surface area contributed by atoms with Gasteiger partial charge in [0.25, 0.3) is 10.1 Å². The van der Waals surface area contributed by atoms with E-state index in [0.717, 1.165) is 5.56 Å². The third-order valence-corrected chi connectivity index (χ3v) is 3.53. The van der Waals surface area contributed by atoms with Gasteiger partial charge in [0.2, 0.25) is 0 Å². The van der Waals surface area contributed by atoms with Gasteiger partial charge in [0.15, 0.2) is 0 Å². The maximum atomic E-state index is 11.2. The molecule has 0 fully saturated rings. The zero-order valence-corrected chi connectivity index (χ0v) is 14.0. The molecule has 0 saturated heterocycles. The van der Waals surface area contributed by atoms with Crippen LogP contribution in [0.15, 0.2) is 57.6 Å². The van der Waals surface area contributed by atoms with Gasteiger partial charge in [-0.3, -0.25) is 4.55 Å². The molecule has 2 rings (SSSR count). The lowest BCUT2D eigenvalue weighted by Gasteiger charge is -2.02. The molecule has 0 atom stereocenters. The first-order chi connectivity index (χ1) is 11.1. The minimum atomic E-state index is -4.33. The SMILES string of the molecule is Cc1cc(N)ccc1N=Nc1ccccc1S(=O)(=O)O.O=S(=O)=O. The second-order valence-corrected chi connectivity index (χ2v) is 6.19. The van der Waals surface area contributed by atoms with E-state index in [1.165, 1.54) is 18.2 Å². The summed E-state index contributed by atoms with van der Waals surface area (Å²) in [7, 11) is -7.44. The molecule has 9 nitrogen and oxygen atoms in total. The summed E-state index contributed by atoms with van der Waals surface area (Å²) < 4.78 is 56.9. The first-order valence-corrected chi connectivity index (χ1v) is 8.66. The largest absolute Gasteiger partial charge is 0.425 e. The molecule has 0 aliphatic rings. The van der Waals surface area contributed by atoms with Crippen LogP contribution in [0.3, 0.4) is 0 Å². The summed E-state index contributed by atoms with van der Waals surface area (Å²) in [6, 6.07) is 10.9.